The Hall–Kier alpha value is -6.49. The van der Waals surface area contributed by atoms with Crippen LogP contribution in [0.4, 0.5) is 0 Å². The highest BCUT2D eigenvalue weighted by molar-refractivity contribution is 7.26. The molecule has 0 radical (unpaired) electrons. The van der Waals surface area contributed by atoms with Crippen LogP contribution in [-0.2, 0) is 0 Å². The van der Waals surface area contributed by atoms with Crippen molar-refractivity contribution in [1.82, 2.24) is 4.57 Å². The molecule has 0 aliphatic carbocycles. The first-order valence-corrected chi connectivity index (χ1v) is 18.3. The zero-order chi connectivity index (χ0) is 34.8. The van der Waals surface area contributed by atoms with E-state index in [2.05, 4.69) is 164 Å². The number of hydrogen-bond donors (Lipinski definition) is 0. The van der Waals surface area contributed by atoms with E-state index < -0.39 is 0 Å². The van der Waals surface area contributed by atoms with Crippen LogP contribution in [0.3, 0.4) is 0 Å². The Balaban J connectivity index is 1.20. The fourth-order valence-electron chi connectivity index (χ4n) is 7.63. The zero-order valence-corrected chi connectivity index (χ0v) is 29.3. The summed E-state index contributed by atoms with van der Waals surface area (Å²) in [5.74, 6) is 0.786. The number of benzene rings is 7. The molecule has 3 heterocycles. The van der Waals surface area contributed by atoms with Crippen molar-refractivity contribution in [2.75, 3.05) is 0 Å². The molecule has 7 aromatic carbocycles. The number of para-hydroxylation sites is 3. The van der Waals surface area contributed by atoms with Crippen molar-refractivity contribution in [1.29, 1.82) is 0 Å². The molecular weight excluding hydrogens is 653 g/mol. The highest BCUT2D eigenvalue weighted by Gasteiger charge is 2.20. The lowest BCUT2D eigenvalue weighted by atomic mass is 10.0. The molecular formula is C48H32N2OS. The standard InChI is InChI=1S/C48H32N2OS/c1-30(32-23-25-34(26-24-32)33-13-4-3-5-14-33)29-45(49-31(2)35-18-12-19-38-36-15-7-10-21-43(36)51-47(35)38)50-41-20-9-6-17-40(41)46-42(50)28-27-39-37-16-8-11-22-44(37)52-48(39)46/h3-29H,2H2,1H3/b30-29+,49-45?. The second-order valence-electron chi connectivity index (χ2n) is 13.3. The first-order chi connectivity index (χ1) is 25.6. The monoisotopic (exact) mass is 684 g/mol. The van der Waals surface area contributed by atoms with Gasteiger partial charge in [0, 0.05) is 47.3 Å². The first kappa shape index (κ1) is 30.3. The predicted molar refractivity (Wildman–Crippen MR) is 223 cm³/mol. The van der Waals surface area contributed by atoms with Gasteiger partial charge in [-0.25, -0.2) is 4.99 Å². The van der Waals surface area contributed by atoms with Crippen LogP contribution in [0.1, 0.15) is 18.1 Å². The van der Waals surface area contributed by atoms with E-state index in [1.165, 1.54) is 42.1 Å². The van der Waals surface area contributed by atoms with Gasteiger partial charge in [-0.15, -0.1) is 11.3 Å². The van der Waals surface area contributed by atoms with Crippen molar-refractivity contribution < 1.29 is 4.42 Å². The maximum atomic E-state index is 6.44. The molecule has 0 fully saturated rings. The summed E-state index contributed by atoms with van der Waals surface area (Å²) in [7, 11) is 0. The van der Waals surface area contributed by atoms with E-state index in [0.29, 0.717) is 5.70 Å². The van der Waals surface area contributed by atoms with E-state index in [9.17, 15) is 0 Å². The number of nitrogens with zero attached hydrogens (tertiary/aromatic N) is 2. The molecule has 3 nitrogen and oxygen atoms in total. The Morgan fingerprint density at radius 1 is 0.615 bits per heavy atom. The quantitative estimate of drug-likeness (QED) is 0.131. The Bertz CT molecular complexity index is 3080. The molecule has 0 atom stereocenters. The van der Waals surface area contributed by atoms with Crippen molar-refractivity contribution in [2.45, 2.75) is 6.92 Å². The van der Waals surface area contributed by atoms with Gasteiger partial charge in [-0.2, -0.15) is 0 Å². The number of thiophene rings is 1. The molecule has 246 valence electrons. The van der Waals surface area contributed by atoms with Crippen molar-refractivity contribution in [3.05, 3.63) is 182 Å². The molecule has 10 aromatic rings. The summed E-state index contributed by atoms with van der Waals surface area (Å²) in [6.07, 6.45) is 2.20. The second kappa shape index (κ2) is 12.1. The largest absolute Gasteiger partial charge is 0.455 e. The van der Waals surface area contributed by atoms with E-state index in [0.717, 1.165) is 55.5 Å². The Kier molecular flexibility index (Phi) is 7.05. The molecule has 0 bridgehead atoms. The third-order valence-electron chi connectivity index (χ3n) is 10.2. The number of aliphatic imine (C=N–C) groups is 1. The zero-order valence-electron chi connectivity index (χ0n) is 28.5. The van der Waals surface area contributed by atoms with Gasteiger partial charge in [0.2, 0.25) is 0 Å². The Morgan fingerprint density at radius 3 is 2.15 bits per heavy atom. The Morgan fingerprint density at radius 2 is 1.31 bits per heavy atom. The van der Waals surface area contributed by atoms with Gasteiger partial charge in [-0.1, -0.05) is 134 Å². The second-order valence-corrected chi connectivity index (χ2v) is 14.3. The van der Waals surface area contributed by atoms with Crippen LogP contribution in [-0.4, -0.2) is 10.4 Å². The number of furan rings is 1. The maximum absolute atomic E-state index is 6.44. The van der Waals surface area contributed by atoms with Crippen molar-refractivity contribution in [3.63, 3.8) is 0 Å². The van der Waals surface area contributed by atoms with Crippen LogP contribution < -0.4 is 0 Å². The lowest BCUT2D eigenvalue weighted by Crippen LogP contribution is -2.10. The van der Waals surface area contributed by atoms with E-state index in [-0.39, 0.29) is 0 Å². The molecule has 0 amide bonds. The SMILES string of the molecule is C=C(N=C(/C=C(\C)c1ccc(-c2ccccc2)cc1)n1c2ccccc2c2c3sc4ccccc4c3ccc21)c1cccc2c1oc1ccccc12. The number of hydrogen-bond acceptors (Lipinski definition) is 3. The highest BCUT2D eigenvalue weighted by Crippen LogP contribution is 2.43. The van der Waals surface area contributed by atoms with Crippen molar-refractivity contribution >= 4 is 92.4 Å². The summed E-state index contributed by atoms with van der Waals surface area (Å²) in [4.78, 5) is 5.42. The van der Waals surface area contributed by atoms with Gasteiger partial charge in [0.25, 0.3) is 0 Å². The number of aromatic nitrogens is 1. The average Bonchev–Trinajstić information content (AvgIpc) is 3.87. The topological polar surface area (TPSA) is 30.4 Å². The third-order valence-corrected chi connectivity index (χ3v) is 11.4. The maximum Gasteiger partial charge on any atom is 0.144 e. The molecule has 4 heteroatoms. The molecule has 0 saturated carbocycles. The van der Waals surface area contributed by atoms with Crippen molar-refractivity contribution in [2.24, 2.45) is 4.99 Å². The van der Waals surface area contributed by atoms with Crippen LogP contribution in [0.15, 0.2) is 180 Å². The molecule has 10 rings (SSSR count). The van der Waals surface area contributed by atoms with Gasteiger partial charge in [0.1, 0.15) is 17.0 Å². The van der Waals surface area contributed by atoms with Gasteiger partial charge in [0.05, 0.1) is 16.7 Å². The van der Waals surface area contributed by atoms with Crippen LogP contribution in [0.5, 0.6) is 0 Å². The minimum Gasteiger partial charge on any atom is -0.455 e. The molecule has 0 saturated heterocycles. The number of allylic oxidation sites excluding steroid dienone is 2. The van der Waals surface area contributed by atoms with E-state index in [4.69, 9.17) is 9.41 Å². The minimum absolute atomic E-state index is 0.636. The summed E-state index contributed by atoms with van der Waals surface area (Å²) in [5, 5.41) is 7.15. The Labute approximate surface area is 304 Å². The summed E-state index contributed by atoms with van der Waals surface area (Å²) in [6, 6.07) is 55.6. The van der Waals surface area contributed by atoms with Gasteiger partial charge in [-0.05, 0) is 65.6 Å². The normalized spacial score (nSPS) is 12.6. The fourth-order valence-corrected chi connectivity index (χ4v) is 8.89. The molecule has 0 unspecified atom stereocenters. The average molecular weight is 685 g/mol. The van der Waals surface area contributed by atoms with Crippen LogP contribution >= 0.6 is 11.3 Å². The highest BCUT2D eigenvalue weighted by atomic mass is 32.1. The third kappa shape index (κ3) is 4.84. The van der Waals surface area contributed by atoms with Crippen LogP contribution in [0, 0.1) is 0 Å². The molecule has 52 heavy (non-hydrogen) atoms. The molecule has 3 aromatic heterocycles. The predicted octanol–water partition coefficient (Wildman–Crippen LogP) is 13.7. The smallest absolute Gasteiger partial charge is 0.144 e. The van der Waals surface area contributed by atoms with Crippen molar-refractivity contribution in [3.8, 4) is 11.1 Å². The fraction of sp³-hybridized carbons (Fsp3) is 0.0208. The summed E-state index contributed by atoms with van der Waals surface area (Å²) in [5.41, 5.74) is 9.98. The lowest BCUT2D eigenvalue weighted by Gasteiger charge is -2.12. The van der Waals surface area contributed by atoms with Gasteiger partial charge in [0.15, 0.2) is 0 Å². The molecule has 0 spiro atoms. The van der Waals surface area contributed by atoms with Crippen LogP contribution in [0.2, 0.25) is 0 Å². The lowest BCUT2D eigenvalue weighted by molar-refractivity contribution is 0.667. The van der Waals surface area contributed by atoms with Gasteiger partial charge < -0.3 is 4.42 Å². The van der Waals surface area contributed by atoms with E-state index in [1.54, 1.807) is 0 Å². The summed E-state index contributed by atoms with van der Waals surface area (Å²) >= 11 is 1.86. The summed E-state index contributed by atoms with van der Waals surface area (Å²) < 4.78 is 11.3. The number of fused-ring (bicyclic) bond motifs is 10. The van der Waals surface area contributed by atoms with Gasteiger partial charge >= 0.3 is 0 Å². The minimum atomic E-state index is 0.636. The molecule has 0 aliphatic heterocycles. The first-order valence-electron chi connectivity index (χ1n) is 17.5. The van der Waals surface area contributed by atoms with Crippen LogP contribution in [0.25, 0.3) is 86.3 Å². The van der Waals surface area contributed by atoms with E-state index in [1.807, 2.05) is 29.5 Å². The molecule has 0 N–H and O–H groups in total. The van der Waals surface area contributed by atoms with Gasteiger partial charge in [-0.3, -0.25) is 4.57 Å². The summed E-state index contributed by atoms with van der Waals surface area (Å²) in [6.45, 7) is 6.73. The van der Waals surface area contributed by atoms with E-state index >= 15 is 0 Å². The number of rotatable bonds is 5. The molecule has 0 aliphatic rings.